The van der Waals surface area contributed by atoms with E-state index in [1.54, 1.807) is 0 Å². The zero-order chi connectivity index (χ0) is 11.8. The van der Waals surface area contributed by atoms with E-state index in [0.717, 1.165) is 0 Å². The van der Waals surface area contributed by atoms with Crippen LogP contribution in [0, 0.1) is 0 Å². The first-order chi connectivity index (χ1) is 7.80. The molecule has 3 nitrogen and oxygen atoms in total. The molecule has 1 aliphatic heterocycles. The third kappa shape index (κ3) is 5.04. The first-order valence-electron chi connectivity index (χ1n) is 6.62. The van der Waals surface area contributed by atoms with Gasteiger partial charge in [0.1, 0.15) is 0 Å². The Bertz CT molecular complexity index is 166. The van der Waals surface area contributed by atoms with Crippen molar-refractivity contribution in [2.75, 3.05) is 58.1 Å². The molecule has 1 saturated heterocycles. The van der Waals surface area contributed by atoms with Gasteiger partial charge in [-0.2, -0.15) is 0 Å². The number of rotatable bonds is 7. The Morgan fingerprint density at radius 3 is 2.12 bits per heavy atom. The van der Waals surface area contributed by atoms with Crippen LogP contribution in [0.3, 0.4) is 0 Å². The maximum atomic E-state index is 2.54. The van der Waals surface area contributed by atoms with Crippen LogP contribution >= 0.6 is 11.9 Å². The molecule has 0 bridgehead atoms. The van der Waals surface area contributed by atoms with E-state index < -0.39 is 0 Å². The lowest BCUT2D eigenvalue weighted by molar-refractivity contribution is 0.205. The minimum atomic E-state index is 1.18. The Morgan fingerprint density at radius 1 is 1.00 bits per heavy atom. The van der Waals surface area contributed by atoms with E-state index in [0.29, 0.717) is 0 Å². The SMILES string of the molecule is CCN(CC)CCSN1CCN(CC)CC1. The monoisotopic (exact) mass is 245 g/mol. The molecular formula is C12H27N3S. The lowest BCUT2D eigenvalue weighted by atomic mass is 10.4. The summed E-state index contributed by atoms with van der Waals surface area (Å²) in [5.41, 5.74) is 0. The molecule has 0 aromatic carbocycles. The molecule has 0 aromatic rings. The Kier molecular flexibility index (Phi) is 7.45. The van der Waals surface area contributed by atoms with Crippen molar-refractivity contribution in [3.8, 4) is 0 Å². The Hall–Kier alpha value is 0.230. The van der Waals surface area contributed by atoms with Crippen LogP contribution in [0.5, 0.6) is 0 Å². The minimum Gasteiger partial charge on any atom is -0.303 e. The normalized spacial score (nSPS) is 19.5. The minimum absolute atomic E-state index is 1.18. The zero-order valence-corrected chi connectivity index (χ0v) is 11.9. The molecule has 0 amide bonds. The molecule has 96 valence electrons. The van der Waals surface area contributed by atoms with Crippen LogP contribution in [0.15, 0.2) is 0 Å². The summed E-state index contributed by atoms with van der Waals surface area (Å²) in [6, 6.07) is 0. The molecule has 0 saturated carbocycles. The summed E-state index contributed by atoms with van der Waals surface area (Å²) in [4.78, 5) is 5.02. The van der Waals surface area contributed by atoms with Gasteiger partial charge in [0.15, 0.2) is 0 Å². The van der Waals surface area contributed by atoms with Gasteiger partial charge >= 0.3 is 0 Å². The second-order valence-electron chi connectivity index (χ2n) is 4.22. The van der Waals surface area contributed by atoms with Gasteiger partial charge in [0, 0.05) is 38.5 Å². The summed E-state index contributed by atoms with van der Waals surface area (Å²) >= 11 is 2.03. The highest BCUT2D eigenvalue weighted by molar-refractivity contribution is 7.97. The maximum Gasteiger partial charge on any atom is 0.0218 e. The van der Waals surface area contributed by atoms with Crippen molar-refractivity contribution in [2.24, 2.45) is 0 Å². The quantitative estimate of drug-likeness (QED) is 0.630. The molecule has 1 fully saturated rings. The highest BCUT2D eigenvalue weighted by Crippen LogP contribution is 2.13. The van der Waals surface area contributed by atoms with Crippen molar-refractivity contribution in [2.45, 2.75) is 20.8 Å². The van der Waals surface area contributed by atoms with Gasteiger partial charge in [-0.05, 0) is 19.6 Å². The standard InChI is InChI=1S/C12H27N3S/c1-4-13(5-2)11-12-16-15-9-7-14(6-3)8-10-15/h4-12H2,1-3H3. The number of hydrogen-bond acceptors (Lipinski definition) is 4. The molecule has 0 N–H and O–H groups in total. The number of hydrogen-bond donors (Lipinski definition) is 0. The molecule has 16 heavy (non-hydrogen) atoms. The van der Waals surface area contributed by atoms with Gasteiger partial charge in [-0.3, -0.25) is 0 Å². The molecule has 0 atom stereocenters. The van der Waals surface area contributed by atoms with E-state index in [1.807, 2.05) is 11.9 Å². The van der Waals surface area contributed by atoms with Crippen LogP contribution in [0.2, 0.25) is 0 Å². The fraction of sp³-hybridized carbons (Fsp3) is 1.00. The first kappa shape index (κ1) is 14.3. The van der Waals surface area contributed by atoms with Crippen LogP contribution < -0.4 is 0 Å². The second-order valence-corrected chi connectivity index (χ2v) is 5.41. The highest BCUT2D eigenvalue weighted by Gasteiger charge is 2.15. The molecule has 0 unspecified atom stereocenters. The van der Waals surface area contributed by atoms with Crippen LogP contribution in [-0.2, 0) is 0 Å². The molecule has 0 radical (unpaired) electrons. The molecule has 4 heteroatoms. The van der Waals surface area contributed by atoms with Crippen LogP contribution in [0.4, 0.5) is 0 Å². The van der Waals surface area contributed by atoms with E-state index in [2.05, 4.69) is 34.9 Å². The molecule has 0 aromatic heterocycles. The topological polar surface area (TPSA) is 9.72 Å². The number of nitrogens with zero attached hydrogens (tertiary/aromatic N) is 3. The number of likely N-dealkylation sites (N-methyl/N-ethyl adjacent to an activating group) is 1. The average Bonchev–Trinajstić information content (AvgIpc) is 2.35. The summed E-state index contributed by atoms with van der Waals surface area (Å²) in [5.74, 6) is 1.24. The summed E-state index contributed by atoms with van der Waals surface area (Å²) < 4.78 is 2.54. The molecular weight excluding hydrogens is 218 g/mol. The fourth-order valence-electron chi connectivity index (χ4n) is 2.01. The van der Waals surface area contributed by atoms with Gasteiger partial charge in [0.2, 0.25) is 0 Å². The van der Waals surface area contributed by atoms with E-state index in [-0.39, 0.29) is 0 Å². The summed E-state index contributed by atoms with van der Waals surface area (Å²) in [6.45, 7) is 16.5. The van der Waals surface area contributed by atoms with Crippen molar-refractivity contribution in [1.82, 2.24) is 14.1 Å². The summed E-state index contributed by atoms with van der Waals surface area (Å²) in [7, 11) is 0. The molecule has 1 aliphatic rings. The lowest BCUT2D eigenvalue weighted by Crippen LogP contribution is -2.43. The van der Waals surface area contributed by atoms with Gasteiger partial charge in [-0.15, -0.1) is 0 Å². The Morgan fingerprint density at radius 2 is 1.62 bits per heavy atom. The highest BCUT2D eigenvalue weighted by atomic mass is 32.2. The molecule has 0 spiro atoms. The average molecular weight is 245 g/mol. The molecule has 1 rings (SSSR count). The fourth-order valence-corrected chi connectivity index (χ4v) is 3.03. The van der Waals surface area contributed by atoms with Gasteiger partial charge < -0.3 is 9.80 Å². The molecule has 0 aliphatic carbocycles. The summed E-state index contributed by atoms with van der Waals surface area (Å²) in [6.07, 6.45) is 0. The Labute approximate surface area is 105 Å². The smallest absolute Gasteiger partial charge is 0.0218 e. The lowest BCUT2D eigenvalue weighted by Gasteiger charge is -2.33. The predicted molar refractivity (Wildman–Crippen MR) is 73.9 cm³/mol. The zero-order valence-electron chi connectivity index (χ0n) is 11.1. The van der Waals surface area contributed by atoms with Crippen LogP contribution in [-0.4, -0.2) is 72.2 Å². The van der Waals surface area contributed by atoms with Crippen molar-refractivity contribution in [1.29, 1.82) is 0 Å². The second kappa shape index (κ2) is 8.34. The largest absolute Gasteiger partial charge is 0.303 e. The van der Waals surface area contributed by atoms with Crippen molar-refractivity contribution < 1.29 is 0 Å². The predicted octanol–water partition coefficient (Wildman–Crippen LogP) is 1.61. The van der Waals surface area contributed by atoms with Gasteiger partial charge in [-0.25, -0.2) is 4.31 Å². The Balaban J connectivity index is 2.06. The third-order valence-electron chi connectivity index (χ3n) is 3.35. The van der Waals surface area contributed by atoms with Crippen molar-refractivity contribution in [3.63, 3.8) is 0 Å². The summed E-state index contributed by atoms with van der Waals surface area (Å²) in [5, 5.41) is 0. The van der Waals surface area contributed by atoms with E-state index in [9.17, 15) is 0 Å². The van der Waals surface area contributed by atoms with Gasteiger partial charge in [0.05, 0.1) is 0 Å². The first-order valence-corrected chi connectivity index (χ1v) is 7.56. The van der Waals surface area contributed by atoms with Crippen molar-refractivity contribution in [3.05, 3.63) is 0 Å². The van der Waals surface area contributed by atoms with Crippen molar-refractivity contribution >= 4 is 11.9 Å². The van der Waals surface area contributed by atoms with E-state index in [1.165, 1.54) is 58.1 Å². The maximum absolute atomic E-state index is 2.54. The van der Waals surface area contributed by atoms with Gasteiger partial charge in [-0.1, -0.05) is 32.7 Å². The van der Waals surface area contributed by atoms with Gasteiger partial charge in [0.25, 0.3) is 0 Å². The van der Waals surface area contributed by atoms with Crippen LogP contribution in [0.1, 0.15) is 20.8 Å². The van der Waals surface area contributed by atoms with E-state index in [4.69, 9.17) is 0 Å². The van der Waals surface area contributed by atoms with Crippen LogP contribution in [0.25, 0.3) is 0 Å². The molecule has 1 heterocycles. The van der Waals surface area contributed by atoms with E-state index >= 15 is 0 Å². The number of piperazine rings is 1. The third-order valence-corrected chi connectivity index (χ3v) is 4.45.